The summed E-state index contributed by atoms with van der Waals surface area (Å²) in [5.74, 6) is 2.96. The van der Waals surface area contributed by atoms with E-state index in [0.717, 1.165) is 36.4 Å². The number of piperidine rings is 1. The van der Waals surface area contributed by atoms with Gasteiger partial charge in [-0.05, 0) is 43.2 Å². The second-order valence-corrected chi connectivity index (χ2v) is 8.55. The van der Waals surface area contributed by atoms with Crippen LogP contribution < -0.4 is 10.2 Å². The summed E-state index contributed by atoms with van der Waals surface area (Å²) in [5.41, 5.74) is 0.864. The maximum atomic E-state index is 12.0. The SMILES string of the molecule is O=C1CCC(Nc2ccc(N3CCC(C4CCCCC4)CC3)nc2)C(=O)C1. The van der Waals surface area contributed by atoms with Gasteiger partial charge in [-0.25, -0.2) is 4.98 Å². The first-order valence-corrected chi connectivity index (χ1v) is 10.7. The van der Waals surface area contributed by atoms with Gasteiger partial charge in [0.15, 0.2) is 5.78 Å². The van der Waals surface area contributed by atoms with E-state index in [1.54, 1.807) is 0 Å². The minimum absolute atomic E-state index is 0.000103. The van der Waals surface area contributed by atoms with Crippen LogP contribution in [0.25, 0.3) is 0 Å². The topological polar surface area (TPSA) is 62.3 Å². The summed E-state index contributed by atoms with van der Waals surface area (Å²) in [6.45, 7) is 2.20. The van der Waals surface area contributed by atoms with Crippen LogP contribution >= 0.6 is 0 Å². The molecule has 0 aromatic carbocycles. The Balaban J connectivity index is 1.29. The number of nitrogens with one attached hydrogen (secondary N) is 1. The molecule has 0 spiro atoms. The molecule has 2 saturated carbocycles. The van der Waals surface area contributed by atoms with Gasteiger partial charge < -0.3 is 10.2 Å². The molecular formula is C22H31N3O2. The van der Waals surface area contributed by atoms with Gasteiger partial charge in [-0.2, -0.15) is 0 Å². The summed E-state index contributed by atoms with van der Waals surface area (Å²) >= 11 is 0. The third-order valence-corrected chi connectivity index (χ3v) is 6.74. The molecule has 1 saturated heterocycles. The van der Waals surface area contributed by atoms with E-state index >= 15 is 0 Å². The number of pyridine rings is 1. The number of carbonyl (C=O) groups excluding carboxylic acids is 2. The van der Waals surface area contributed by atoms with Crippen LogP contribution in [0.1, 0.15) is 64.2 Å². The summed E-state index contributed by atoms with van der Waals surface area (Å²) < 4.78 is 0. The van der Waals surface area contributed by atoms with E-state index < -0.39 is 0 Å². The quantitative estimate of drug-likeness (QED) is 0.814. The molecule has 0 bridgehead atoms. The molecule has 4 rings (SSSR count). The number of aromatic nitrogens is 1. The van der Waals surface area contributed by atoms with Gasteiger partial charge in [-0.3, -0.25) is 9.59 Å². The number of hydrogen-bond acceptors (Lipinski definition) is 5. The van der Waals surface area contributed by atoms with Crippen LogP contribution in [0.2, 0.25) is 0 Å². The second kappa shape index (κ2) is 8.41. The van der Waals surface area contributed by atoms with Gasteiger partial charge in [0.05, 0.1) is 24.3 Å². The van der Waals surface area contributed by atoms with Gasteiger partial charge >= 0.3 is 0 Å². The van der Waals surface area contributed by atoms with Crippen LogP contribution in [-0.2, 0) is 9.59 Å². The molecule has 1 atom stereocenters. The first-order valence-electron chi connectivity index (χ1n) is 10.7. The minimum atomic E-state index is -0.249. The zero-order chi connectivity index (χ0) is 18.6. The Hall–Kier alpha value is -1.91. The van der Waals surface area contributed by atoms with Crippen molar-refractivity contribution in [2.75, 3.05) is 23.3 Å². The Morgan fingerprint density at radius 1 is 0.926 bits per heavy atom. The van der Waals surface area contributed by atoms with Crippen molar-refractivity contribution in [1.82, 2.24) is 4.98 Å². The molecule has 3 aliphatic rings. The number of rotatable bonds is 4. The van der Waals surface area contributed by atoms with Crippen molar-refractivity contribution in [2.45, 2.75) is 70.3 Å². The summed E-state index contributed by atoms with van der Waals surface area (Å²) in [6, 6.07) is 3.82. The molecule has 0 amide bonds. The number of hydrogen-bond donors (Lipinski definition) is 1. The Bertz CT molecular complexity index is 659. The lowest BCUT2D eigenvalue weighted by molar-refractivity contribution is -0.130. The van der Waals surface area contributed by atoms with Crippen LogP contribution in [0.3, 0.4) is 0 Å². The average molecular weight is 370 g/mol. The number of ketones is 2. The number of Topliss-reactive ketones (excluding diaryl/α,β-unsaturated/α-hetero) is 2. The highest BCUT2D eigenvalue weighted by Crippen LogP contribution is 2.36. The summed E-state index contributed by atoms with van der Waals surface area (Å²) in [4.78, 5) is 30.3. The van der Waals surface area contributed by atoms with Crippen molar-refractivity contribution in [2.24, 2.45) is 11.8 Å². The molecule has 1 aromatic rings. The fourth-order valence-electron chi connectivity index (χ4n) is 5.09. The molecule has 3 fully saturated rings. The van der Waals surface area contributed by atoms with Gasteiger partial charge in [0.1, 0.15) is 11.6 Å². The first-order chi connectivity index (χ1) is 13.2. The lowest BCUT2D eigenvalue weighted by Crippen LogP contribution is -2.37. The monoisotopic (exact) mass is 369 g/mol. The maximum absolute atomic E-state index is 12.0. The predicted octanol–water partition coefficient (Wildman–Crippen LogP) is 3.98. The van der Waals surface area contributed by atoms with Crippen molar-refractivity contribution in [3.8, 4) is 0 Å². The Morgan fingerprint density at radius 2 is 1.67 bits per heavy atom. The molecule has 2 heterocycles. The molecule has 5 heteroatoms. The third kappa shape index (κ3) is 4.50. The molecule has 1 aliphatic heterocycles. The van der Waals surface area contributed by atoms with Crippen LogP contribution in [0.5, 0.6) is 0 Å². The number of nitrogens with zero attached hydrogens (tertiary/aromatic N) is 2. The van der Waals surface area contributed by atoms with Crippen molar-refractivity contribution in [3.63, 3.8) is 0 Å². The zero-order valence-electron chi connectivity index (χ0n) is 16.2. The lowest BCUT2D eigenvalue weighted by atomic mass is 9.76. The molecule has 27 heavy (non-hydrogen) atoms. The lowest BCUT2D eigenvalue weighted by Gasteiger charge is -2.38. The summed E-state index contributed by atoms with van der Waals surface area (Å²) in [5, 5.41) is 3.25. The maximum Gasteiger partial charge on any atom is 0.162 e. The van der Waals surface area contributed by atoms with E-state index in [0.29, 0.717) is 12.8 Å². The van der Waals surface area contributed by atoms with Gasteiger partial charge in [-0.15, -0.1) is 0 Å². The van der Waals surface area contributed by atoms with E-state index in [2.05, 4.69) is 21.3 Å². The van der Waals surface area contributed by atoms with Gasteiger partial charge in [0, 0.05) is 19.5 Å². The molecule has 2 aliphatic carbocycles. The fourth-order valence-corrected chi connectivity index (χ4v) is 5.09. The second-order valence-electron chi connectivity index (χ2n) is 8.55. The van der Waals surface area contributed by atoms with Gasteiger partial charge in [-0.1, -0.05) is 32.1 Å². The number of anilines is 2. The first kappa shape index (κ1) is 18.5. The van der Waals surface area contributed by atoms with E-state index in [4.69, 9.17) is 0 Å². The normalized spacial score (nSPS) is 25.6. The molecule has 1 N–H and O–H groups in total. The molecule has 1 aromatic heterocycles. The van der Waals surface area contributed by atoms with Crippen molar-refractivity contribution < 1.29 is 9.59 Å². The van der Waals surface area contributed by atoms with Crippen molar-refractivity contribution >= 4 is 23.1 Å². The van der Waals surface area contributed by atoms with Crippen LogP contribution in [0.15, 0.2) is 18.3 Å². The van der Waals surface area contributed by atoms with Crippen LogP contribution in [0.4, 0.5) is 11.5 Å². The Morgan fingerprint density at radius 3 is 2.33 bits per heavy atom. The fraction of sp³-hybridized carbons (Fsp3) is 0.682. The van der Waals surface area contributed by atoms with Crippen LogP contribution in [-0.4, -0.2) is 35.7 Å². The van der Waals surface area contributed by atoms with Crippen LogP contribution in [0, 0.1) is 11.8 Å². The van der Waals surface area contributed by atoms with Crippen molar-refractivity contribution in [1.29, 1.82) is 0 Å². The number of carbonyl (C=O) groups is 2. The molecule has 146 valence electrons. The molecule has 5 nitrogen and oxygen atoms in total. The molecule has 1 unspecified atom stereocenters. The Labute approximate surface area is 161 Å². The highest BCUT2D eigenvalue weighted by Gasteiger charge is 2.29. The van der Waals surface area contributed by atoms with Crippen molar-refractivity contribution in [3.05, 3.63) is 18.3 Å². The minimum Gasteiger partial charge on any atom is -0.374 e. The summed E-state index contributed by atoms with van der Waals surface area (Å²) in [6.07, 6.45) is 12.7. The predicted molar refractivity (Wildman–Crippen MR) is 107 cm³/mol. The highest BCUT2D eigenvalue weighted by atomic mass is 16.2. The van der Waals surface area contributed by atoms with Gasteiger partial charge in [0.25, 0.3) is 0 Å². The zero-order valence-corrected chi connectivity index (χ0v) is 16.2. The van der Waals surface area contributed by atoms with E-state index in [1.165, 1.54) is 44.9 Å². The van der Waals surface area contributed by atoms with E-state index in [-0.39, 0.29) is 24.0 Å². The highest BCUT2D eigenvalue weighted by molar-refractivity contribution is 6.04. The smallest absolute Gasteiger partial charge is 0.162 e. The average Bonchev–Trinajstić information content (AvgIpc) is 2.71. The largest absolute Gasteiger partial charge is 0.374 e. The molecular weight excluding hydrogens is 338 g/mol. The molecule has 0 radical (unpaired) electrons. The van der Waals surface area contributed by atoms with E-state index in [1.807, 2.05) is 12.3 Å². The third-order valence-electron chi connectivity index (χ3n) is 6.74. The Kier molecular flexibility index (Phi) is 5.74. The van der Waals surface area contributed by atoms with E-state index in [9.17, 15) is 9.59 Å². The standard InChI is InChI=1S/C22H31N3O2/c26-19-7-8-20(21(27)14-19)24-18-6-9-22(23-15-18)25-12-10-17(11-13-25)16-4-2-1-3-5-16/h6,9,15-17,20,24H,1-5,7-8,10-14H2. The van der Waals surface area contributed by atoms with Gasteiger partial charge in [0.2, 0.25) is 0 Å². The summed E-state index contributed by atoms with van der Waals surface area (Å²) in [7, 11) is 0.